The zero-order chi connectivity index (χ0) is 29.8. The number of nitrogens with zero attached hydrogens (tertiary/aromatic N) is 2. The molecule has 0 spiro atoms. The first kappa shape index (κ1) is 29.3. The van der Waals surface area contributed by atoms with Crippen molar-refractivity contribution < 1.29 is 19.1 Å². The number of benzene rings is 2. The van der Waals surface area contributed by atoms with E-state index >= 15 is 0 Å². The second kappa shape index (κ2) is 12.8. The lowest BCUT2D eigenvalue weighted by molar-refractivity contribution is -0.128. The molecule has 0 saturated carbocycles. The highest BCUT2D eigenvalue weighted by atomic mass is 16.5. The summed E-state index contributed by atoms with van der Waals surface area (Å²) < 4.78 is 5.44. The maximum atomic E-state index is 13.9. The molecule has 9 heteroatoms. The Balaban J connectivity index is 1.36. The minimum Gasteiger partial charge on any atom is -0.496 e. The van der Waals surface area contributed by atoms with Crippen LogP contribution in [0.2, 0.25) is 0 Å². The Labute approximate surface area is 246 Å². The Hall–Kier alpha value is -4.16. The van der Waals surface area contributed by atoms with E-state index in [1.807, 2.05) is 44.2 Å². The molecule has 4 atom stereocenters. The number of rotatable bonds is 12. The third-order valence-corrected chi connectivity index (χ3v) is 8.50. The van der Waals surface area contributed by atoms with Gasteiger partial charge in [0.2, 0.25) is 11.8 Å². The van der Waals surface area contributed by atoms with Crippen molar-refractivity contribution in [2.24, 2.45) is 17.8 Å². The summed E-state index contributed by atoms with van der Waals surface area (Å²) in [6, 6.07) is 16.7. The lowest BCUT2D eigenvalue weighted by Gasteiger charge is -2.32. The summed E-state index contributed by atoms with van der Waals surface area (Å²) in [7, 11) is 1.59. The van der Waals surface area contributed by atoms with Crippen LogP contribution in [-0.4, -0.2) is 53.2 Å². The smallest absolute Gasteiger partial charge is 0.223 e. The molecule has 3 N–H and O–H groups in total. The van der Waals surface area contributed by atoms with Crippen molar-refractivity contribution in [1.82, 2.24) is 20.5 Å². The summed E-state index contributed by atoms with van der Waals surface area (Å²) in [5.41, 5.74) is 3.56. The van der Waals surface area contributed by atoms with Crippen molar-refractivity contribution in [1.29, 1.82) is 5.26 Å². The van der Waals surface area contributed by atoms with E-state index in [2.05, 4.69) is 38.7 Å². The fourth-order valence-electron chi connectivity index (χ4n) is 6.37. The molecule has 0 aliphatic carbocycles. The maximum absolute atomic E-state index is 13.9. The second-order valence-corrected chi connectivity index (χ2v) is 11.9. The van der Waals surface area contributed by atoms with Crippen LogP contribution >= 0.6 is 0 Å². The van der Waals surface area contributed by atoms with Gasteiger partial charge in [-0.1, -0.05) is 44.2 Å². The van der Waals surface area contributed by atoms with Crippen LogP contribution in [0.3, 0.4) is 0 Å². The fraction of sp³-hybridized carbons (Fsp3) is 0.455. The van der Waals surface area contributed by atoms with Gasteiger partial charge in [-0.05, 0) is 54.5 Å². The first-order valence-corrected chi connectivity index (χ1v) is 14.7. The van der Waals surface area contributed by atoms with Crippen molar-refractivity contribution in [3.63, 3.8) is 0 Å². The van der Waals surface area contributed by atoms with E-state index in [0.29, 0.717) is 50.3 Å². The number of ether oxygens (including phenoxy) is 1. The lowest BCUT2D eigenvalue weighted by atomic mass is 9.89. The van der Waals surface area contributed by atoms with Crippen molar-refractivity contribution in [3.8, 4) is 11.8 Å². The third-order valence-electron chi connectivity index (χ3n) is 8.50. The molecule has 2 aromatic carbocycles. The number of amides is 2. The fourth-order valence-corrected chi connectivity index (χ4v) is 6.37. The van der Waals surface area contributed by atoms with Crippen LogP contribution in [0.25, 0.3) is 10.9 Å². The molecule has 220 valence electrons. The predicted molar refractivity (Wildman–Crippen MR) is 159 cm³/mol. The Morgan fingerprint density at radius 1 is 1.14 bits per heavy atom. The van der Waals surface area contributed by atoms with Gasteiger partial charge in [-0.25, -0.2) is 0 Å². The number of hydrogen-bond acceptors (Lipinski definition) is 6. The molecule has 2 aliphatic heterocycles. The highest BCUT2D eigenvalue weighted by Gasteiger charge is 2.38. The normalized spacial score (nSPS) is 18.7. The standard InChI is InChI=1S/C33H39N5O4/c1-20(2)13-24(15-30(39)28-16-25-26(36-28)9-6-10-31(25)42-3)33(41)37-27(14-21-11-12-35-32(21)40)29(17-34)38-18-22-7-4-5-8-23(22)19-38/h4-10,16,20-21,24,27,29,36H,11-15,18-19H2,1-3H3,(H,35,40)(H,37,41)/t21-,24+,27-,29?/m0/s1. The van der Waals surface area contributed by atoms with Gasteiger partial charge in [0.05, 0.1) is 24.9 Å². The highest BCUT2D eigenvalue weighted by molar-refractivity contribution is 6.02. The van der Waals surface area contributed by atoms with Crippen LogP contribution in [0.5, 0.6) is 5.75 Å². The SMILES string of the molecule is COc1cccc2[nH]c(C(=O)C[C@@H](CC(C)C)C(=O)N[C@@H](C[C@@H]3CCNC3=O)C(C#N)N3Cc4ccccc4C3)cc12. The van der Waals surface area contributed by atoms with Gasteiger partial charge < -0.3 is 20.4 Å². The van der Waals surface area contributed by atoms with E-state index in [-0.39, 0.29) is 35.9 Å². The zero-order valence-electron chi connectivity index (χ0n) is 24.5. The van der Waals surface area contributed by atoms with Crippen LogP contribution in [-0.2, 0) is 22.7 Å². The summed E-state index contributed by atoms with van der Waals surface area (Å²) in [5.74, 6) is -0.471. The molecule has 0 bridgehead atoms. The maximum Gasteiger partial charge on any atom is 0.223 e. The zero-order valence-corrected chi connectivity index (χ0v) is 24.5. The number of nitriles is 1. The Kier molecular flexibility index (Phi) is 8.93. The molecule has 1 saturated heterocycles. The minimum atomic E-state index is -0.619. The number of methoxy groups -OCH3 is 1. The minimum absolute atomic E-state index is 0.0299. The molecular formula is C33H39N5O4. The number of Topliss-reactive ketones (excluding diaryl/α,β-unsaturated/α-hetero) is 1. The highest BCUT2D eigenvalue weighted by Crippen LogP contribution is 2.30. The van der Waals surface area contributed by atoms with Crippen molar-refractivity contribution in [2.75, 3.05) is 13.7 Å². The average molecular weight is 570 g/mol. The van der Waals surface area contributed by atoms with Gasteiger partial charge >= 0.3 is 0 Å². The number of carbonyl (C=O) groups is 3. The second-order valence-electron chi connectivity index (χ2n) is 11.9. The largest absolute Gasteiger partial charge is 0.496 e. The third kappa shape index (κ3) is 6.34. The molecule has 3 aromatic rings. The summed E-state index contributed by atoms with van der Waals surface area (Å²) in [6.45, 7) is 5.86. The van der Waals surface area contributed by atoms with E-state index in [1.165, 1.54) is 11.1 Å². The van der Waals surface area contributed by atoms with Gasteiger partial charge in [0, 0.05) is 48.8 Å². The number of aromatic amines is 1. The number of aromatic nitrogens is 1. The van der Waals surface area contributed by atoms with E-state index in [9.17, 15) is 19.6 Å². The van der Waals surface area contributed by atoms with Crippen molar-refractivity contribution >= 4 is 28.5 Å². The number of hydrogen-bond donors (Lipinski definition) is 3. The Bertz CT molecular complexity index is 1480. The van der Waals surface area contributed by atoms with Crippen molar-refractivity contribution in [2.45, 2.75) is 64.7 Å². The number of ketones is 1. The van der Waals surface area contributed by atoms with Crippen molar-refractivity contribution in [3.05, 3.63) is 65.4 Å². The molecule has 3 heterocycles. The summed E-state index contributed by atoms with van der Waals surface area (Å²) in [4.78, 5) is 45.2. The molecule has 9 nitrogen and oxygen atoms in total. The molecule has 0 radical (unpaired) electrons. The topological polar surface area (TPSA) is 127 Å². The molecule has 1 unspecified atom stereocenters. The molecule has 5 rings (SSSR count). The molecule has 1 aromatic heterocycles. The van der Waals surface area contributed by atoms with Gasteiger partial charge in [-0.3, -0.25) is 19.3 Å². The summed E-state index contributed by atoms with van der Waals surface area (Å²) >= 11 is 0. The number of carbonyl (C=O) groups excluding carboxylic acids is 3. The van der Waals surface area contributed by atoms with Gasteiger partial charge in [0.15, 0.2) is 5.78 Å². The van der Waals surface area contributed by atoms with Crippen LogP contribution in [0, 0.1) is 29.1 Å². The first-order valence-electron chi connectivity index (χ1n) is 14.7. The molecule has 2 amide bonds. The van der Waals surface area contributed by atoms with Crippen LogP contribution in [0.4, 0.5) is 0 Å². The molecule has 2 aliphatic rings. The molecular weight excluding hydrogens is 530 g/mol. The summed E-state index contributed by atoms with van der Waals surface area (Å²) in [6.07, 6.45) is 1.58. The molecule has 1 fully saturated rings. The number of H-pyrrole nitrogens is 1. The number of fused-ring (bicyclic) bond motifs is 2. The number of nitrogens with one attached hydrogen (secondary N) is 3. The molecule has 42 heavy (non-hydrogen) atoms. The predicted octanol–water partition coefficient (Wildman–Crippen LogP) is 4.33. The van der Waals surface area contributed by atoms with Gasteiger partial charge in [0.25, 0.3) is 0 Å². The van der Waals surface area contributed by atoms with Crippen LogP contribution in [0.15, 0.2) is 48.5 Å². The monoisotopic (exact) mass is 569 g/mol. The van der Waals surface area contributed by atoms with Gasteiger partial charge in [-0.15, -0.1) is 0 Å². The Morgan fingerprint density at radius 2 is 1.88 bits per heavy atom. The first-order chi connectivity index (χ1) is 20.3. The van der Waals surface area contributed by atoms with E-state index in [1.54, 1.807) is 13.2 Å². The Morgan fingerprint density at radius 3 is 2.50 bits per heavy atom. The lowest BCUT2D eigenvalue weighted by Crippen LogP contribution is -2.52. The van der Waals surface area contributed by atoms with Gasteiger partial charge in [-0.2, -0.15) is 5.26 Å². The van der Waals surface area contributed by atoms with Crippen LogP contribution < -0.4 is 15.4 Å². The van der Waals surface area contributed by atoms with E-state index < -0.39 is 18.0 Å². The quantitative estimate of drug-likeness (QED) is 0.279. The van der Waals surface area contributed by atoms with E-state index in [0.717, 1.165) is 10.9 Å². The summed E-state index contributed by atoms with van der Waals surface area (Å²) in [5, 5.41) is 17.2. The average Bonchev–Trinajstić information content (AvgIpc) is 3.70. The van der Waals surface area contributed by atoms with Crippen LogP contribution in [0.1, 0.15) is 61.1 Å². The van der Waals surface area contributed by atoms with E-state index in [4.69, 9.17) is 4.74 Å². The van der Waals surface area contributed by atoms with Gasteiger partial charge in [0.1, 0.15) is 11.8 Å².